The molecule has 0 saturated heterocycles. The molecule has 0 spiro atoms. The van der Waals surface area contributed by atoms with Gasteiger partial charge in [-0.15, -0.1) is 0 Å². The molecule has 2 aromatic rings. The normalized spacial score (nSPS) is 12.5. The lowest BCUT2D eigenvalue weighted by molar-refractivity contribution is 0.398. The lowest BCUT2D eigenvalue weighted by Crippen LogP contribution is -2.07. The lowest BCUT2D eigenvalue weighted by atomic mass is 10.1. The molecule has 2 rings (SSSR count). The quantitative estimate of drug-likeness (QED) is 0.485. The van der Waals surface area contributed by atoms with Crippen molar-refractivity contribution in [2.24, 2.45) is 5.11 Å². The Morgan fingerprint density at radius 2 is 1.86 bits per heavy atom. The summed E-state index contributed by atoms with van der Waals surface area (Å²) < 4.78 is 59.4. The van der Waals surface area contributed by atoms with E-state index in [0.717, 1.165) is 13.2 Å². The molecule has 2 N–H and O–H groups in total. The third-order valence-corrected chi connectivity index (χ3v) is 4.94. The van der Waals surface area contributed by atoms with Gasteiger partial charge < -0.3 is 0 Å². The van der Waals surface area contributed by atoms with Crippen molar-refractivity contribution in [2.45, 2.75) is 10.6 Å². The van der Waals surface area contributed by atoms with Crippen molar-refractivity contribution in [3.8, 4) is 0 Å². The molecular weight excluding hydrogens is 332 g/mol. The molecule has 0 unspecified atom stereocenters. The maximum atomic E-state index is 12.0. The predicted octanol–water partition coefficient (Wildman–Crippen LogP) is 2.23. The van der Waals surface area contributed by atoms with Gasteiger partial charge in [-0.05, 0) is 35.2 Å². The fourth-order valence-corrected chi connectivity index (χ4v) is 3.54. The standard InChI is InChI=1S/C12H12N2O6S2/c1-20-22(18,19)12-5-8(7-21(15,16)17)4-9-2-3-10(14-13)6-11(9)12/h2-6,13H,7H2,1H3,(H,15,16,17). The number of nitrogens with zero attached hydrogens (tertiary/aromatic N) is 1. The van der Waals surface area contributed by atoms with E-state index in [1.165, 1.54) is 24.3 Å². The molecular formula is C12H12N2O6S2. The lowest BCUT2D eigenvalue weighted by Gasteiger charge is -2.10. The number of hydrogen-bond acceptors (Lipinski definition) is 7. The van der Waals surface area contributed by atoms with Crippen molar-refractivity contribution < 1.29 is 25.6 Å². The molecule has 0 radical (unpaired) electrons. The summed E-state index contributed by atoms with van der Waals surface area (Å²) in [5, 5.41) is 3.90. The Morgan fingerprint density at radius 3 is 2.41 bits per heavy atom. The van der Waals surface area contributed by atoms with Gasteiger partial charge in [0.15, 0.2) is 0 Å². The number of nitrogens with one attached hydrogen (secondary N) is 1. The van der Waals surface area contributed by atoms with Crippen LogP contribution in [0.4, 0.5) is 5.69 Å². The van der Waals surface area contributed by atoms with Gasteiger partial charge in [0.25, 0.3) is 20.2 Å². The minimum atomic E-state index is -4.31. The molecule has 8 nitrogen and oxygen atoms in total. The summed E-state index contributed by atoms with van der Waals surface area (Å²) in [6.07, 6.45) is 0. The first-order valence-electron chi connectivity index (χ1n) is 5.86. The highest BCUT2D eigenvalue weighted by Crippen LogP contribution is 2.30. The van der Waals surface area contributed by atoms with E-state index >= 15 is 0 Å². The number of fused-ring (bicyclic) bond motifs is 1. The number of benzene rings is 2. The van der Waals surface area contributed by atoms with E-state index in [-0.39, 0.29) is 21.5 Å². The van der Waals surface area contributed by atoms with Crippen molar-refractivity contribution in [3.05, 3.63) is 35.9 Å². The third kappa shape index (κ3) is 3.47. The molecule has 0 saturated carbocycles. The summed E-state index contributed by atoms with van der Waals surface area (Å²) in [6, 6.07) is 6.92. The van der Waals surface area contributed by atoms with Crippen LogP contribution in [0.3, 0.4) is 0 Å². The average Bonchev–Trinajstić information content (AvgIpc) is 2.44. The largest absolute Gasteiger partial charge is 0.297 e. The van der Waals surface area contributed by atoms with E-state index in [2.05, 4.69) is 9.30 Å². The maximum Gasteiger partial charge on any atom is 0.297 e. The Bertz CT molecular complexity index is 951. The van der Waals surface area contributed by atoms with Crippen molar-refractivity contribution in [2.75, 3.05) is 7.11 Å². The molecule has 0 atom stereocenters. The second kappa shape index (κ2) is 5.72. The molecule has 0 aliphatic rings. The van der Waals surface area contributed by atoms with Crippen molar-refractivity contribution in [1.29, 1.82) is 5.53 Å². The monoisotopic (exact) mass is 344 g/mol. The van der Waals surface area contributed by atoms with Gasteiger partial charge >= 0.3 is 0 Å². The smallest absolute Gasteiger partial charge is 0.285 e. The second-order valence-corrected chi connectivity index (χ2v) is 7.59. The zero-order valence-electron chi connectivity index (χ0n) is 11.3. The zero-order chi connectivity index (χ0) is 16.5. The van der Waals surface area contributed by atoms with Crippen LogP contribution >= 0.6 is 0 Å². The molecule has 10 heteroatoms. The van der Waals surface area contributed by atoms with Crippen LogP contribution in [0.25, 0.3) is 10.8 Å². The van der Waals surface area contributed by atoms with Gasteiger partial charge in [0.2, 0.25) is 0 Å². The first-order chi connectivity index (χ1) is 10.2. The van der Waals surface area contributed by atoms with Crippen molar-refractivity contribution in [1.82, 2.24) is 0 Å². The van der Waals surface area contributed by atoms with Crippen LogP contribution in [-0.4, -0.2) is 28.5 Å². The number of rotatable bonds is 5. The summed E-state index contributed by atoms with van der Waals surface area (Å²) in [5.41, 5.74) is 7.32. The average molecular weight is 344 g/mol. The highest BCUT2D eigenvalue weighted by Gasteiger charge is 2.20. The third-order valence-electron chi connectivity index (χ3n) is 2.93. The minimum absolute atomic E-state index is 0.0983. The second-order valence-electron chi connectivity index (χ2n) is 4.46. The van der Waals surface area contributed by atoms with Gasteiger partial charge in [-0.25, -0.2) is 5.53 Å². The highest BCUT2D eigenvalue weighted by atomic mass is 32.2. The Hall–Kier alpha value is -1.88. The Balaban J connectivity index is 2.83. The van der Waals surface area contributed by atoms with Crippen LogP contribution in [0.5, 0.6) is 0 Å². The Kier molecular flexibility index (Phi) is 4.29. The van der Waals surface area contributed by atoms with Gasteiger partial charge in [0.1, 0.15) is 10.6 Å². The maximum absolute atomic E-state index is 12.0. The van der Waals surface area contributed by atoms with Gasteiger partial charge in [-0.2, -0.15) is 21.9 Å². The van der Waals surface area contributed by atoms with Gasteiger partial charge in [-0.3, -0.25) is 8.74 Å². The van der Waals surface area contributed by atoms with Gasteiger partial charge in [-0.1, -0.05) is 6.07 Å². The molecule has 2 aromatic carbocycles. The Labute approximate surface area is 127 Å². The fourth-order valence-electron chi connectivity index (χ4n) is 2.03. The van der Waals surface area contributed by atoms with E-state index in [0.29, 0.717) is 5.39 Å². The first kappa shape index (κ1) is 16.5. The summed E-state index contributed by atoms with van der Waals surface area (Å²) in [5.74, 6) is -0.722. The molecule has 22 heavy (non-hydrogen) atoms. The molecule has 0 fully saturated rings. The molecule has 0 heterocycles. The van der Waals surface area contributed by atoms with E-state index < -0.39 is 26.0 Å². The summed E-state index contributed by atoms with van der Waals surface area (Å²) in [6.45, 7) is 0. The van der Waals surface area contributed by atoms with Crippen LogP contribution in [0.1, 0.15) is 5.56 Å². The summed E-state index contributed by atoms with van der Waals surface area (Å²) >= 11 is 0. The molecule has 0 aliphatic heterocycles. The predicted molar refractivity (Wildman–Crippen MR) is 78.2 cm³/mol. The van der Waals surface area contributed by atoms with E-state index in [9.17, 15) is 16.8 Å². The van der Waals surface area contributed by atoms with Crippen LogP contribution in [0.2, 0.25) is 0 Å². The van der Waals surface area contributed by atoms with Gasteiger partial charge in [0.05, 0.1) is 12.8 Å². The van der Waals surface area contributed by atoms with Crippen LogP contribution in [-0.2, 0) is 30.2 Å². The van der Waals surface area contributed by atoms with E-state index in [1.807, 2.05) is 0 Å². The van der Waals surface area contributed by atoms with Crippen LogP contribution in [0, 0.1) is 5.53 Å². The van der Waals surface area contributed by atoms with Crippen molar-refractivity contribution in [3.63, 3.8) is 0 Å². The first-order valence-corrected chi connectivity index (χ1v) is 8.88. The fraction of sp³-hybridized carbons (Fsp3) is 0.167. The van der Waals surface area contributed by atoms with Crippen LogP contribution in [0.15, 0.2) is 40.3 Å². The van der Waals surface area contributed by atoms with Crippen LogP contribution < -0.4 is 0 Å². The molecule has 0 amide bonds. The molecule has 0 aliphatic carbocycles. The van der Waals surface area contributed by atoms with E-state index in [4.69, 9.17) is 10.1 Å². The molecule has 118 valence electrons. The summed E-state index contributed by atoms with van der Waals surface area (Å²) in [4.78, 5) is -0.253. The summed E-state index contributed by atoms with van der Waals surface area (Å²) in [7, 11) is -7.44. The van der Waals surface area contributed by atoms with Crippen molar-refractivity contribution >= 4 is 36.7 Å². The zero-order valence-corrected chi connectivity index (χ0v) is 13.0. The highest BCUT2D eigenvalue weighted by molar-refractivity contribution is 7.87. The topological polar surface area (TPSA) is 134 Å². The van der Waals surface area contributed by atoms with Gasteiger partial charge in [0, 0.05) is 5.39 Å². The minimum Gasteiger partial charge on any atom is -0.285 e. The molecule has 0 aromatic heterocycles. The SMILES string of the molecule is COS(=O)(=O)c1cc(CS(=O)(=O)O)cc2ccc(N=N)cc12. The molecule has 0 bridgehead atoms. The number of hydrogen-bond donors (Lipinski definition) is 2. The van der Waals surface area contributed by atoms with E-state index in [1.54, 1.807) is 0 Å². The Morgan fingerprint density at radius 1 is 1.18 bits per heavy atom.